The van der Waals surface area contributed by atoms with Crippen LogP contribution in [-0.2, 0) is 0 Å². The fourth-order valence-corrected chi connectivity index (χ4v) is 3.20. The third kappa shape index (κ3) is 2.67. The standard InChI is InChI=1S/C12H19N3S/c1-9-7-13-10(2)11(15-9)14-8-12(3)5-4-6-16-12/h7H,4-6,8H2,1-3H3,(H,14,15). The third-order valence-electron chi connectivity index (χ3n) is 3.01. The van der Waals surface area contributed by atoms with Gasteiger partial charge in [-0.1, -0.05) is 0 Å². The second kappa shape index (κ2) is 4.62. The summed E-state index contributed by atoms with van der Waals surface area (Å²) in [6.07, 6.45) is 4.44. The van der Waals surface area contributed by atoms with Crippen LogP contribution >= 0.6 is 11.8 Å². The van der Waals surface area contributed by atoms with E-state index in [0.717, 1.165) is 23.8 Å². The number of rotatable bonds is 3. The van der Waals surface area contributed by atoms with E-state index in [-0.39, 0.29) is 0 Å². The number of anilines is 1. The molecule has 4 heteroatoms. The predicted molar refractivity (Wildman–Crippen MR) is 70.1 cm³/mol. The fourth-order valence-electron chi connectivity index (χ4n) is 1.95. The van der Waals surface area contributed by atoms with E-state index < -0.39 is 0 Å². The molecule has 1 aliphatic rings. The Bertz CT molecular complexity index is 373. The highest BCUT2D eigenvalue weighted by molar-refractivity contribution is 8.00. The molecule has 1 unspecified atom stereocenters. The number of aryl methyl sites for hydroxylation is 2. The first-order valence-electron chi connectivity index (χ1n) is 5.77. The molecule has 3 nitrogen and oxygen atoms in total. The SMILES string of the molecule is Cc1cnc(C)c(NCC2(C)CCCS2)n1. The van der Waals surface area contributed by atoms with Crippen LogP contribution in [0.4, 0.5) is 5.82 Å². The van der Waals surface area contributed by atoms with Crippen molar-refractivity contribution in [3.8, 4) is 0 Å². The van der Waals surface area contributed by atoms with Crippen molar-refractivity contribution in [1.82, 2.24) is 9.97 Å². The van der Waals surface area contributed by atoms with E-state index in [1.807, 2.05) is 20.0 Å². The molecule has 1 N–H and O–H groups in total. The first kappa shape index (κ1) is 11.7. The lowest BCUT2D eigenvalue weighted by Crippen LogP contribution is -2.27. The maximum Gasteiger partial charge on any atom is 0.147 e. The zero-order valence-corrected chi connectivity index (χ0v) is 11.0. The van der Waals surface area contributed by atoms with Gasteiger partial charge in [-0.2, -0.15) is 11.8 Å². The van der Waals surface area contributed by atoms with Crippen molar-refractivity contribution in [3.05, 3.63) is 17.6 Å². The molecule has 1 saturated heterocycles. The van der Waals surface area contributed by atoms with Crippen molar-refractivity contribution in [3.63, 3.8) is 0 Å². The summed E-state index contributed by atoms with van der Waals surface area (Å²) >= 11 is 2.06. The summed E-state index contributed by atoms with van der Waals surface area (Å²) in [7, 11) is 0. The topological polar surface area (TPSA) is 37.8 Å². The fraction of sp³-hybridized carbons (Fsp3) is 0.667. The molecule has 1 atom stereocenters. The van der Waals surface area contributed by atoms with Gasteiger partial charge in [0.15, 0.2) is 0 Å². The van der Waals surface area contributed by atoms with Gasteiger partial charge in [0, 0.05) is 17.5 Å². The molecule has 0 radical (unpaired) electrons. The van der Waals surface area contributed by atoms with Crippen LogP contribution < -0.4 is 5.32 Å². The average Bonchev–Trinajstić information content (AvgIpc) is 2.67. The Kier molecular flexibility index (Phi) is 3.38. The minimum absolute atomic E-state index is 0.373. The van der Waals surface area contributed by atoms with Gasteiger partial charge in [-0.15, -0.1) is 0 Å². The monoisotopic (exact) mass is 237 g/mol. The van der Waals surface area contributed by atoms with Crippen molar-refractivity contribution in [1.29, 1.82) is 0 Å². The van der Waals surface area contributed by atoms with Crippen LogP contribution in [0.25, 0.3) is 0 Å². The predicted octanol–water partition coefficient (Wildman–Crippen LogP) is 2.79. The van der Waals surface area contributed by atoms with E-state index in [4.69, 9.17) is 0 Å². The van der Waals surface area contributed by atoms with E-state index in [9.17, 15) is 0 Å². The highest BCUT2D eigenvalue weighted by atomic mass is 32.2. The molecule has 0 spiro atoms. The highest BCUT2D eigenvalue weighted by Crippen LogP contribution is 2.37. The van der Waals surface area contributed by atoms with Gasteiger partial charge in [-0.3, -0.25) is 4.98 Å². The van der Waals surface area contributed by atoms with Crippen LogP contribution in [0.15, 0.2) is 6.20 Å². The highest BCUT2D eigenvalue weighted by Gasteiger charge is 2.29. The average molecular weight is 237 g/mol. The number of hydrogen-bond acceptors (Lipinski definition) is 4. The summed E-state index contributed by atoms with van der Waals surface area (Å²) in [5.74, 6) is 2.23. The number of nitrogens with one attached hydrogen (secondary N) is 1. The van der Waals surface area contributed by atoms with Crippen LogP contribution in [0.1, 0.15) is 31.2 Å². The summed E-state index contributed by atoms with van der Waals surface area (Å²) in [6, 6.07) is 0. The molecule has 1 aromatic heterocycles. The van der Waals surface area contributed by atoms with Gasteiger partial charge < -0.3 is 5.32 Å². The normalized spacial score (nSPS) is 24.7. The summed E-state index contributed by atoms with van der Waals surface area (Å²) < 4.78 is 0.373. The first-order valence-corrected chi connectivity index (χ1v) is 6.76. The zero-order chi connectivity index (χ0) is 11.6. The Labute approximate surface area is 101 Å². The molecule has 1 fully saturated rings. The van der Waals surface area contributed by atoms with Gasteiger partial charge in [-0.25, -0.2) is 4.98 Å². The van der Waals surface area contributed by atoms with Gasteiger partial charge in [0.25, 0.3) is 0 Å². The number of thioether (sulfide) groups is 1. The quantitative estimate of drug-likeness (QED) is 0.877. The summed E-state index contributed by atoms with van der Waals surface area (Å²) in [6.45, 7) is 7.29. The molecule has 88 valence electrons. The second-order valence-corrected chi connectivity index (χ2v) is 6.38. The zero-order valence-electron chi connectivity index (χ0n) is 10.2. The molecule has 0 aromatic carbocycles. The summed E-state index contributed by atoms with van der Waals surface area (Å²) in [5, 5.41) is 3.44. The van der Waals surface area contributed by atoms with Gasteiger partial charge in [0.1, 0.15) is 5.82 Å². The molecule has 0 aliphatic carbocycles. The first-order chi connectivity index (χ1) is 7.59. The largest absolute Gasteiger partial charge is 0.367 e. The number of aromatic nitrogens is 2. The minimum atomic E-state index is 0.373. The van der Waals surface area contributed by atoms with Crippen molar-refractivity contribution in [2.24, 2.45) is 0 Å². The Hall–Kier alpha value is -0.770. The third-order valence-corrected chi connectivity index (χ3v) is 4.54. The lowest BCUT2D eigenvalue weighted by atomic mass is 10.1. The molecule has 16 heavy (non-hydrogen) atoms. The number of hydrogen-bond donors (Lipinski definition) is 1. The number of nitrogens with zero attached hydrogens (tertiary/aromatic N) is 2. The Morgan fingerprint density at radius 1 is 1.50 bits per heavy atom. The maximum absolute atomic E-state index is 4.48. The van der Waals surface area contributed by atoms with Crippen LogP contribution in [0.2, 0.25) is 0 Å². The van der Waals surface area contributed by atoms with Gasteiger partial charge in [0.05, 0.1) is 11.4 Å². The van der Waals surface area contributed by atoms with E-state index in [1.165, 1.54) is 18.6 Å². The molecule has 0 bridgehead atoms. The van der Waals surface area contributed by atoms with E-state index in [1.54, 1.807) is 0 Å². The van der Waals surface area contributed by atoms with Crippen molar-refractivity contribution in [2.75, 3.05) is 17.6 Å². The molecular weight excluding hydrogens is 218 g/mol. The maximum atomic E-state index is 4.48. The minimum Gasteiger partial charge on any atom is -0.367 e. The smallest absolute Gasteiger partial charge is 0.147 e. The van der Waals surface area contributed by atoms with Crippen molar-refractivity contribution in [2.45, 2.75) is 38.4 Å². The molecule has 0 amide bonds. The molecule has 1 aliphatic heterocycles. The Morgan fingerprint density at radius 3 is 3.00 bits per heavy atom. The van der Waals surface area contributed by atoms with Gasteiger partial charge >= 0.3 is 0 Å². The van der Waals surface area contributed by atoms with E-state index in [2.05, 4.69) is 34.0 Å². The van der Waals surface area contributed by atoms with Crippen molar-refractivity contribution < 1.29 is 0 Å². The summed E-state index contributed by atoms with van der Waals surface area (Å²) in [4.78, 5) is 8.80. The van der Waals surface area contributed by atoms with Gasteiger partial charge in [0.2, 0.25) is 0 Å². The molecular formula is C12H19N3S. The van der Waals surface area contributed by atoms with E-state index in [0.29, 0.717) is 4.75 Å². The summed E-state index contributed by atoms with van der Waals surface area (Å²) in [5.41, 5.74) is 1.95. The Morgan fingerprint density at radius 2 is 2.31 bits per heavy atom. The molecule has 2 rings (SSSR count). The Balaban J connectivity index is 2.01. The van der Waals surface area contributed by atoms with Crippen LogP contribution in [0.5, 0.6) is 0 Å². The molecule has 2 heterocycles. The van der Waals surface area contributed by atoms with Crippen molar-refractivity contribution >= 4 is 17.6 Å². The van der Waals surface area contributed by atoms with Crippen LogP contribution in [0, 0.1) is 13.8 Å². The van der Waals surface area contributed by atoms with Crippen LogP contribution in [0.3, 0.4) is 0 Å². The molecule has 0 saturated carbocycles. The lowest BCUT2D eigenvalue weighted by Gasteiger charge is -2.23. The van der Waals surface area contributed by atoms with Crippen LogP contribution in [-0.4, -0.2) is 27.0 Å². The molecule has 1 aromatic rings. The second-order valence-electron chi connectivity index (χ2n) is 4.70. The van der Waals surface area contributed by atoms with Gasteiger partial charge in [-0.05, 0) is 39.4 Å². The van der Waals surface area contributed by atoms with E-state index >= 15 is 0 Å². The lowest BCUT2D eigenvalue weighted by molar-refractivity contribution is 0.633.